The van der Waals surface area contributed by atoms with Crippen LogP contribution < -0.4 is 10.1 Å². The third-order valence-corrected chi connectivity index (χ3v) is 6.68. The number of nitrogens with zero attached hydrogens (tertiary/aromatic N) is 3. The van der Waals surface area contributed by atoms with Crippen molar-refractivity contribution < 1.29 is 9.53 Å². The summed E-state index contributed by atoms with van der Waals surface area (Å²) in [4.78, 5) is 12.2. The molecule has 0 saturated carbocycles. The van der Waals surface area contributed by atoms with Crippen molar-refractivity contribution in [1.82, 2.24) is 20.1 Å². The van der Waals surface area contributed by atoms with Gasteiger partial charge in [0, 0.05) is 13.1 Å². The molecule has 2 aromatic carbocycles. The van der Waals surface area contributed by atoms with E-state index in [0.717, 1.165) is 36.1 Å². The molecule has 1 amide bonds. The quantitative estimate of drug-likeness (QED) is 0.469. The Balaban J connectivity index is 1.26. The molecule has 1 N–H and O–H groups in total. The fourth-order valence-electron chi connectivity index (χ4n) is 3.97. The van der Waals surface area contributed by atoms with Crippen molar-refractivity contribution in [3.05, 3.63) is 71.0 Å². The highest BCUT2D eigenvalue weighted by Gasteiger charge is 2.15. The number of ether oxygens (including phenoxy) is 1. The normalized spacial score (nSPS) is 12.9. The van der Waals surface area contributed by atoms with E-state index < -0.39 is 0 Å². The fourth-order valence-corrected chi connectivity index (χ4v) is 4.82. The lowest BCUT2D eigenvalue weighted by Gasteiger charge is -2.16. The number of rotatable bonds is 10. The third kappa shape index (κ3) is 5.91. The molecule has 4 rings (SSSR count). The standard InChI is InChI=1S/C25H30N4O2S/c1-2-29-23(17-31-22-13-12-20-10-6-7-11-21(20)16-22)27-28-25(29)32-18-24(30)26-15-14-19-8-4-3-5-9-19/h3-5,8-9,12-13,16H,2,6-7,10-11,14-15,17-18H2,1H3,(H,26,30). The molecule has 0 atom stereocenters. The predicted molar refractivity (Wildman–Crippen MR) is 127 cm³/mol. The van der Waals surface area contributed by atoms with Gasteiger partial charge in [0.05, 0.1) is 5.75 Å². The molecule has 7 heteroatoms. The number of carbonyl (C=O) groups is 1. The van der Waals surface area contributed by atoms with E-state index in [0.29, 0.717) is 18.9 Å². The molecule has 0 fully saturated rings. The fraction of sp³-hybridized carbons (Fsp3) is 0.400. The summed E-state index contributed by atoms with van der Waals surface area (Å²) in [5.41, 5.74) is 4.07. The van der Waals surface area contributed by atoms with Crippen LogP contribution in [0.5, 0.6) is 5.75 Å². The largest absolute Gasteiger partial charge is 0.486 e. The van der Waals surface area contributed by atoms with E-state index in [1.54, 1.807) is 0 Å². The SMILES string of the molecule is CCn1c(COc2ccc3c(c2)CCCC3)nnc1SCC(=O)NCCc1ccccc1. The van der Waals surface area contributed by atoms with Crippen LogP contribution in [-0.4, -0.2) is 33.0 Å². The van der Waals surface area contributed by atoms with Crippen molar-refractivity contribution in [2.45, 2.75) is 57.3 Å². The van der Waals surface area contributed by atoms with Crippen LogP contribution in [0.15, 0.2) is 53.7 Å². The number of hydrogen-bond acceptors (Lipinski definition) is 5. The number of amides is 1. The summed E-state index contributed by atoms with van der Waals surface area (Å²) >= 11 is 1.41. The van der Waals surface area contributed by atoms with E-state index in [4.69, 9.17) is 4.74 Å². The second-order valence-electron chi connectivity index (χ2n) is 7.94. The maximum atomic E-state index is 12.2. The molecule has 0 aliphatic heterocycles. The number of thioether (sulfide) groups is 1. The Hall–Kier alpha value is -2.80. The van der Waals surface area contributed by atoms with Crippen molar-refractivity contribution >= 4 is 17.7 Å². The van der Waals surface area contributed by atoms with Gasteiger partial charge >= 0.3 is 0 Å². The number of carbonyl (C=O) groups excluding carboxylic acids is 1. The molecular formula is C25H30N4O2S. The van der Waals surface area contributed by atoms with E-state index in [1.807, 2.05) is 28.8 Å². The van der Waals surface area contributed by atoms with Crippen molar-refractivity contribution in [2.75, 3.05) is 12.3 Å². The molecule has 3 aromatic rings. The first-order valence-corrected chi connectivity index (χ1v) is 12.3. The average molecular weight is 451 g/mol. The third-order valence-electron chi connectivity index (χ3n) is 5.71. The van der Waals surface area contributed by atoms with Gasteiger partial charge in [-0.15, -0.1) is 10.2 Å². The van der Waals surface area contributed by atoms with Crippen LogP contribution in [0.1, 0.15) is 42.3 Å². The van der Waals surface area contributed by atoms with Crippen molar-refractivity contribution in [3.63, 3.8) is 0 Å². The second kappa shape index (κ2) is 11.2. The van der Waals surface area contributed by atoms with Crippen LogP contribution in [0.25, 0.3) is 0 Å². The van der Waals surface area contributed by atoms with Crippen molar-refractivity contribution in [2.24, 2.45) is 0 Å². The molecule has 168 valence electrons. The molecule has 0 radical (unpaired) electrons. The average Bonchev–Trinajstić information content (AvgIpc) is 3.23. The molecule has 0 spiro atoms. The molecule has 0 bridgehead atoms. The Morgan fingerprint density at radius 1 is 1.09 bits per heavy atom. The molecule has 0 unspecified atom stereocenters. The van der Waals surface area contributed by atoms with Gasteiger partial charge in [0.15, 0.2) is 11.0 Å². The van der Waals surface area contributed by atoms with Crippen LogP contribution in [0.3, 0.4) is 0 Å². The molecule has 1 heterocycles. The van der Waals surface area contributed by atoms with Gasteiger partial charge in [0.25, 0.3) is 0 Å². The number of fused-ring (bicyclic) bond motifs is 1. The number of hydrogen-bond donors (Lipinski definition) is 1. The summed E-state index contributed by atoms with van der Waals surface area (Å²) in [6.45, 7) is 3.77. The van der Waals surface area contributed by atoms with Gasteiger partial charge in [0.1, 0.15) is 12.4 Å². The summed E-state index contributed by atoms with van der Waals surface area (Å²) in [5, 5.41) is 12.3. The second-order valence-corrected chi connectivity index (χ2v) is 8.89. The van der Waals surface area contributed by atoms with Crippen LogP contribution in [-0.2, 0) is 37.2 Å². The predicted octanol–water partition coefficient (Wildman–Crippen LogP) is 4.21. The Labute approximate surface area is 193 Å². The molecule has 0 saturated heterocycles. The first-order valence-electron chi connectivity index (χ1n) is 11.3. The number of benzene rings is 2. The highest BCUT2D eigenvalue weighted by atomic mass is 32.2. The summed E-state index contributed by atoms with van der Waals surface area (Å²) in [6.07, 6.45) is 5.65. The smallest absolute Gasteiger partial charge is 0.230 e. The first-order chi connectivity index (χ1) is 15.7. The van der Waals surface area contributed by atoms with Gasteiger partial charge in [-0.25, -0.2) is 0 Å². The van der Waals surface area contributed by atoms with Crippen molar-refractivity contribution in [1.29, 1.82) is 0 Å². The first kappa shape index (κ1) is 22.4. The minimum atomic E-state index is 0.00319. The highest BCUT2D eigenvalue weighted by Crippen LogP contribution is 2.26. The molecule has 1 aliphatic carbocycles. The van der Waals surface area contributed by atoms with Crippen LogP contribution in [0.2, 0.25) is 0 Å². The number of nitrogens with one attached hydrogen (secondary N) is 1. The highest BCUT2D eigenvalue weighted by molar-refractivity contribution is 7.99. The summed E-state index contributed by atoms with van der Waals surface area (Å²) in [5.74, 6) is 1.97. The zero-order chi connectivity index (χ0) is 22.2. The van der Waals surface area contributed by atoms with Crippen LogP contribution in [0.4, 0.5) is 0 Å². The Kier molecular flexibility index (Phi) is 7.82. The van der Waals surface area contributed by atoms with Gasteiger partial charge in [-0.3, -0.25) is 4.79 Å². The molecule has 6 nitrogen and oxygen atoms in total. The molecular weight excluding hydrogens is 420 g/mol. The molecule has 1 aliphatic rings. The van der Waals surface area contributed by atoms with Crippen LogP contribution >= 0.6 is 11.8 Å². The van der Waals surface area contributed by atoms with Gasteiger partial charge < -0.3 is 14.6 Å². The van der Waals surface area contributed by atoms with Gasteiger partial charge in [-0.1, -0.05) is 48.2 Å². The van der Waals surface area contributed by atoms with Gasteiger partial charge in [-0.05, 0) is 67.9 Å². The van der Waals surface area contributed by atoms with Gasteiger partial charge in [0.2, 0.25) is 5.91 Å². The Morgan fingerprint density at radius 2 is 1.91 bits per heavy atom. The topological polar surface area (TPSA) is 69.0 Å². The Morgan fingerprint density at radius 3 is 2.72 bits per heavy atom. The van der Waals surface area contributed by atoms with E-state index in [-0.39, 0.29) is 5.91 Å². The molecule has 32 heavy (non-hydrogen) atoms. The zero-order valence-electron chi connectivity index (χ0n) is 18.5. The minimum Gasteiger partial charge on any atom is -0.486 e. The molecule has 1 aromatic heterocycles. The van der Waals surface area contributed by atoms with E-state index in [1.165, 1.54) is 47.7 Å². The van der Waals surface area contributed by atoms with Gasteiger partial charge in [-0.2, -0.15) is 0 Å². The van der Waals surface area contributed by atoms with E-state index in [9.17, 15) is 4.79 Å². The summed E-state index contributed by atoms with van der Waals surface area (Å²) in [7, 11) is 0. The summed E-state index contributed by atoms with van der Waals surface area (Å²) < 4.78 is 8.04. The van der Waals surface area contributed by atoms with E-state index in [2.05, 4.69) is 46.7 Å². The lowest BCUT2D eigenvalue weighted by molar-refractivity contribution is -0.118. The maximum absolute atomic E-state index is 12.2. The number of aryl methyl sites for hydroxylation is 2. The van der Waals surface area contributed by atoms with Crippen LogP contribution in [0, 0.1) is 0 Å². The Bertz CT molecular complexity index is 1040. The summed E-state index contributed by atoms with van der Waals surface area (Å²) in [6, 6.07) is 16.6. The lowest BCUT2D eigenvalue weighted by atomic mass is 9.92. The zero-order valence-corrected chi connectivity index (χ0v) is 19.4. The number of aromatic nitrogens is 3. The monoisotopic (exact) mass is 450 g/mol. The van der Waals surface area contributed by atoms with E-state index >= 15 is 0 Å². The maximum Gasteiger partial charge on any atom is 0.230 e. The minimum absolute atomic E-state index is 0.00319. The lowest BCUT2D eigenvalue weighted by Crippen LogP contribution is -2.27. The van der Waals surface area contributed by atoms with Crippen molar-refractivity contribution in [3.8, 4) is 5.75 Å².